The number of carbonyl (C=O) groups excluding carboxylic acids is 1. The molecule has 0 spiro atoms. The molecule has 6 nitrogen and oxygen atoms in total. The van der Waals surface area contributed by atoms with Crippen LogP contribution in [0.15, 0.2) is 12.1 Å². The zero-order chi connectivity index (χ0) is 15.7. The summed E-state index contributed by atoms with van der Waals surface area (Å²) >= 11 is 0. The molecule has 1 aromatic rings. The minimum atomic E-state index is -1.26. The van der Waals surface area contributed by atoms with Crippen LogP contribution in [0.4, 0.5) is 20.2 Å². The van der Waals surface area contributed by atoms with Crippen molar-refractivity contribution in [2.75, 3.05) is 11.4 Å². The summed E-state index contributed by atoms with van der Waals surface area (Å²) in [6.07, 6.45) is 0.460. The fraction of sp³-hybridized carbons (Fsp3) is 0.462. The van der Waals surface area contributed by atoms with Gasteiger partial charge in [0.2, 0.25) is 11.7 Å². The fourth-order valence-electron chi connectivity index (χ4n) is 2.35. The first-order valence-electron chi connectivity index (χ1n) is 6.52. The lowest BCUT2D eigenvalue weighted by Crippen LogP contribution is -2.41. The molecule has 0 aliphatic carbocycles. The van der Waals surface area contributed by atoms with Crippen molar-refractivity contribution in [2.24, 2.45) is 0 Å². The van der Waals surface area contributed by atoms with E-state index in [0.29, 0.717) is 12.5 Å². The van der Waals surface area contributed by atoms with Crippen LogP contribution in [-0.4, -0.2) is 29.5 Å². The Bertz CT molecular complexity index is 592. The Morgan fingerprint density at radius 1 is 1.38 bits per heavy atom. The van der Waals surface area contributed by atoms with E-state index in [9.17, 15) is 23.7 Å². The number of nitrogens with zero attached hydrogens (tertiary/aromatic N) is 2. The van der Waals surface area contributed by atoms with E-state index in [2.05, 4.69) is 5.32 Å². The van der Waals surface area contributed by atoms with E-state index in [1.54, 1.807) is 0 Å². The van der Waals surface area contributed by atoms with Crippen molar-refractivity contribution >= 4 is 17.3 Å². The third-order valence-corrected chi connectivity index (χ3v) is 3.24. The first-order chi connectivity index (χ1) is 9.81. The number of carbonyl (C=O) groups is 1. The molecule has 8 heteroatoms. The molecule has 0 saturated carbocycles. The predicted octanol–water partition coefficient (Wildman–Crippen LogP) is 1.98. The maximum absolute atomic E-state index is 13.8. The average Bonchev–Trinajstić information content (AvgIpc) is 2.70. The second kappa shape index (κ2) is 5.72. The van der Waals surface area contributed by atoms with Gasteiger partial charge in [-0.2, -0.15) is 4.39 Å². The highest BCUT2D eigenvalue weighted by atomic mass is 19.1. The molecule has 1 atom stereocenters. The molecule has 1 fully saturated rings. The van der Waals surface area contributed by atoms with Crippen LogP contribution in [0.25, 0.3) is 0 Å². The molecule has 1 aromatic carbocycles. The third-order valence-electron chi connectivity index (χ3n) is 3.24. The summed E-state index contributed by atoms with van der Waals surface area (Å²) in [7, 11) is 0. The lowest BCUT2D eigenvalue weighted by atomic mass is 10.2. The van der Waals surface area contributed by atoms with Gasteiger partial charge in [-0.1, -0.05) is 13.8 Å². The summed E-state index contributed by atoms with van der Waals surface area (Å²) in [5.41, 5.74) is -1.11. The van der Waals surface area contributed by atoms with E-state index in [0.717, 1.165) is 11.0 Å². The maximum Gasteiger partial charge on any atom is 0.307 e. The standard InChI is InChI=1S/C13H15F2N3O3/c1-7(2)16-10-3-4-17(13(10)19)11-6-12(18(20)21)9(15)5-8(11)14/h5-7,10,16H,3-4H2,1-2H3. The second-order valence-corrected chi connectivity index (χ2v) is 5.16. The van der Waals surface area contributed by atoms with Crippen LogP contribution < -0.4 is 10.2 Å². The average molecular weight is 299 g/mol. The smallest absolute Gasteiger partial charge is 0.307 e. The molecule has 0 radical (unpaired) electrons. The molecule has 0 bridgehead atoms. The predicted molar refractivity (Wildman–Crippen MR) is 72.0 cm³/mol. The molecular weight excluding hydrogens is 284 g/mol. The van der Waals surface area contributed by atoms with Crippen molar-refractivity contribution in [2.45, 2.75) is 32.4 Å². The van der Waals surface area contributed by atoms with Gasteiger partial charge in [0.1, 0.15) is 5.82 Å². The van der Waals surface area contributed by atoms with Gasteiger partial charge >= 0.3 is 5.69 Å². The van der Waals surface area contributed by atoms with E-state index in [4.69, 9.17) is 0 Å². The van der Waals surface area contributed by atoms with E-state index in [-0.39, 0.29) is 24.2 Å². The topological polar surface area (TPSA) is 75.5 Å². The van der Waals surface area contributed by atoms with Crippen molar-refractivity contribution in [1.82, 2.24) is 5.32 Å². The second-order valence-electron chi connectivity index (χ2n) is 5.16. The molecule has 1 unspecified atom stereocenters. The zero-order valence-electron chi connectivity index (χ0n) is 11.6. The van der Waals surface area contributed by atoms with Crippen molar-refractivity contribution in [3.8, 4) is 0 Å². The molecule has 21 heavy (non-hydrogen) atoms. The van der Waals surface area contributed by atoms with E-state index < -0.39 is 28.3 Å². The Morgan fingerprint density at radius 2 is 2.05 bits per heavy atom. The van der Waals surface area contributed by atoms with Gasteiger partial charge in [-0.3, -0.25) is 14.9 Å². The van der Waals surface area contributed by atoms with Crippen molar-refractivity contribution in [3.63, 3.8) is 0 Å². The Balaban J connectivity index is 2.33. The number of nitro benzene ring substituents is 1. The SMILES string of the molecule is CC(C)NC1CCN(c2cc([N+](=O)[O-])c(F)cc2F)C1=O. The highest BCUT2D eigenvalue weighted by Gasteiger charge is 2.35. The fourth-order valence-corrected chi connectivity index (χ4v) is 2.35. The van der Waals surface area contributed by atoms with Crippen LogP contribution in [0, 0.1) is 21.7 Å². The van der Waals surface area contributed by atoms with Gasteiger partial charge in [-0.05, 0) is 6.42 Å². The first kappa shape index (κ1) is 15.3. The number of hydrogen-bond acceptors (Lipinski definition) is 4. The highest BCUT2D eigenvalue weighted by molar-refractivity contribution is 5.99. The van der Waals surface area contributed by atoms with Crippen LogP contribution in [0.2, 0.25) is 0 Å². The number of nitro groups is 1. The molecule has 1 aliphatic heterocycles. The number of benzene rings is 1. The number of hydrogen-bond donors (Lipinski definition) is 1. The number of halogens is 2. The summed E-state index contributed by atoms with van der Waals surface area (Å²) in [6.45, 7) is 3.97. The minimum absolute atomic E-state index is 0.0753. The van der Waals surface area contributed by atoms with Crippen LogP contribution in [0.5, 0.6) is 0 Å². The highest BCUT2D eigenvalue weighted by Crippen LogP contribution is 2.30. The largest absolute Gasteiger partial charge is 0.308 e. The molecule has 1 heterocycles. The van der Waals surface area contributed by atoms with Crippen LogP contribution in [0.3, 0.4) is 0 Å². The molecule has 1 N–H and O–H groups in total. The summed E-state index contributed by atoms with van der Waals surface area (Å²) < 4.78 is 27.1. The summed E-state index contributed by atoms with van der Waals surface area (Å²) in [5, 5.41) is 13.8. The summed E-state index contributed by atoms with van der Waals surface area (Å²) in [4.78, 5) is 23.1. The lowest BCUT2D eigenvalue weighted by molar-refractivity contribution is -0.387. The number of anilines is 1. The molecule has 1 amide bonds. The molecular formula is C13H15F2N3O3. The molecule has 114 valence electrons. The van der Waals surface area contributed by atoms with E-state index in [1.165, 1.54) is 0 Å². The van der Waals surface area contributed by atoms with Crippen molar-refractivity contribution in [1.29, 1.82) is 0 Å². The Hall–Kier alpha value is -2.09. The normalized spacial score (nSPS) is 18.6. The molecule has 1 saturated heterocycles. The van der Waals surface area contributed by atoms with Crippen LogP contribution in [0.1, 0.15) is 20.3 Å². The lowest BCUT2D eigenvalue weighted by Gasteiger charge is -2.19. The minimum Gasteiger partial charge on any atom is -0.308 e. The number of amides is 1. The Morgan fingerprint density at radius 3 is 2.62 bits per heavy atom. The van der Waals surface area contributed by atoms with Gasteiger partial charge < -0.3 is 10.2 Å². The molecule has 2 rings (SSSR count). The zero-order valence-corrected chi connectivity index (χ0v) is 11.6. The van der Waals surface area contributed by atoms with Gasteiger partial charge in [0.05, 0.1) is 16.7 Å². The summed E-state index contributed by atoms with van der Waals surface area (Å²) in [5.74, 6) is -2.62. The van der Waals surface area contributed by atoms with Gasteiger partial charge in [0.25, 0.3) is 0 Å². The van der Waals surface area contributed by atoms with E-state index >= 15 is 0 Å². The van der Waals surface area contributed by atoms with Gasteiger partial charge in [0.15, 0.2) is 0 Å². The first-order valence-corrected chi connectivity index (χ1v) is 6.52. The molecule has 0 aromatic heterocycles. The third kappa shape index (κ3) is 2.99. The van der Waals surface area contributed by atoms with Crippen LogP contribution >= 0.6 is 0 Å². The Labute approximate surface area is 119 Å². The number of rotatable bonds is 4. The van der Waals surface area contributed by atoms with Gasteiger partial charge in [0, 0.05) is 24.7 Å². The van der Waals surface area contributed by atoms with Gasteiger partial charge in [-0.25, -0.2) is 4.39 Å². The van der Waals surface area contributed by atoms with Crippen LogP contribution in [-0.2, 0) is 4.79 Å². The quantitative estimate of drug-likeness (QED) is 0.681. The maximum atomic E-state index is 13.8. The van der Waals surface area contributed by atoms with Gasteiger partial charge in [-0.15, -0.1) is 0 Å². The van der Waals surface area contributed by atoms with E-state index in [1.807, 2.05) is 13.8 Å². The van der Waals surface area contributed by atoms with Crippen molar-refractivity contribution in [3.05, 3.63) is 33.9 Å². The molecule has 1 aliphatic rings. The van der Waals surface area contributed by atoms with Crippen molar-refractivity contribution < 1.29 is 18.5 Å². The summed E-state index contributed by atoms with van der Waals surface area (Å²) in [6, 6.07) is 0.810. The Kier molecular flexibility index (Phi) is 4.17. The monoisotopic (exact) mass is 299 g/mol. The number of nitrogens with one attached hydrogen (secondary N) is 1.